The Morgan fingerprint density at radius 1 is 1.30 bits per heavy atom. The second kappa shape index (κ2) is 4.98. The van der Waals surface area contributed by atoms with E-state index in [0.29, 0.717) is 19.8 Å². The molecule has 0 radical (unpaired) electrons. The van der Waals surface area contributed by atoms with Crippen molar-refractivity contribution >= 4 is 50.8 Å². The molecule has 0 atom stereocenters. The van der Waals surface area contributed by atoms with Gasteiger partial charge in [0.25, 0.3) is 0 Å². The van der Waals surface area contributed by atoms with E-state index in [1.54, 1.807) is 6.07 Å². The van der Waals surface area contributed by atoms with Crippen LogP contribution in [-0.4, -0.2) is 9.55 Å². The molecule has 0 aliphatic carbocycles. The van der Waals surface area contributed by atoms with Gasteiger partial charge in [0, 0.05) is 6.07 Å². The van der Waals surface area contributed by atoms with Crippen LogP contribution in [0.3, 0.4) is 0 Å². The van der Waals surface area contributed by atoms with Gasteiger partial charge in [0.05, 0.1) is 26.2 Å². The van der Waals surface area contributed by atoms with Crippen molar-refractivity contribution in [2.24, 2.45) is 0 Å². The number of aryl methyl sites for hydroxylation is 1. The summed E-state index contributed by atoms with van der Waals surface area (Å²) in [4.78, 5) is 3.00. The lowest BCUT2D eigenvalue weighted by Gasteiger charge is -2.08. The zero-order chi connectivity index (χ0) is 14.4. The predicted molar refractivity (Wildman–Crippen MR) is 85.9 cm³/mol. The summed E-state index contributed by atoms with van der Waals surface area (Å²) in [7, 11) is 0. The Morgan fingerprint density at radius 2 is 2.05 bits per heavy atom. The van der Waals surface area contributed by atoms with Gasteiger partial charge in [-0.3, -0.25) is 4.57 Å². The van der Waals surface area contributed by atoms with Crippen molar-refractivity contribution in [3.05, 3.63) is 56.0 Å². The molecule has 2 nitrogen and oxygen atoms in total. The molecular formula is C14H9BrClFN2S. The molecule has 0 spiro atoms. The first kappa shape index (κ1) is 13.8. The van der Waals surface area contributed by atoms with E-state index in [-0.39, 0.29) is 5.82 Å². The standard InChI is InChI=1S/C14H9BrClFN2S/c1-7-2-3-9(16)12(4-7)19-13-5-8(15)10(17)6-11(13)18-14(19)20/h2-6H,1H3,(H,18,20). The average Bonchev–Trinajstić information content (AvgIpc) is 2.69. The fourth-order valence-electron chi connectivity index (χ4n) is 2.14. The Labute approximate surface area is 133 Å². The third kappa shape index (κ3) is 2.20. The first-order valence-corrected chi connectivity index (χ1v) is 7.41. The zero-order valence-electron chi connectivity index (χ0n) is 10.4. The molecule has 0 amide bonds. The number of aromatic nitrogens is 2. The third-order valence-corrected chi connectivity index (χ3v) is 4.28. The van der Waals surface area contributed by atoms with E-state index in [0.717, 1.165) is 16.8 Å². The number of imidazole rings is 1. The SMILES string of the molecule is Cc1ccc(Cl)c(-n2c(=S)[nH]c3cc(F)c(Br)cc32)c1. The van der Waals surface area contributed by atoms with Gasteiger partial charge in [-0.2, -0.15) is 0 Å². The van der Waals surface area contributed by atoms with Crippen molar-refractivity contribution in [3.8, 4) is 5.69 Å². The van der Waals surface area contributed by atoms with Crippen LogP contribution in [0.25, 0.3) is 16.7 Å². The molecule has 1 aromatic heterocycles. The monoisotopic (exact) mass is 370 g/mol. The van der Waals surface area contributed by atoms with Crippen LogP contribution in [0.2, 0.25) is 5.02 Å². The number of nitrogens with zero attached hydrogens (tertiary/aromatic N) is 1. The highest BCUT2D eigenvalue weighted by Crippen LogP contribution is 2.29. The maximum Gasteiger partial charge on any atom is 0.182 e. The number of aromatic amines is 1. The fourth-order valence-corrected chi connectivity index (χ4v) is 2.98. The number of hydrogen-bond donors (Lipinski definition) is 1. The molecule has 6 heteroatoms. The number of nitrogens with one attached hydrogen (secondary N) is 1. The lowest BCUT2D eigenvalue weighted by Crippen LogP contribution is -1.96. The van der Waals surface area contributed by atoms with Gasteiger partial charge in [-0.15, -0.1) is 0 Å². The molecule has 3 rings (SSSR count). The zero-order valence-corrected chi connectivity index (χ0v) is 13.5. The second-order valence-electron chi connectivity index (χ2n) is 4.50. The van der Waals surface area contributed by atoms with Crippen LogP contribution >= 0.6 is 39.7 Å². The summed E-state index contributed by atoms with van der Waals surface area (Å²) in [6, 6.07) is 8.80. The van der Waals surface area contributed by atoms with E-state index >= 15 is 0 Å². The van der Waals surface area contributed by atoms with Gasteiger partial charge in [-0.1, -0.05) is 17.7 Å². The highest BCUT2D eigenvalue weighted by atomic mass is 79.9. The van der Waals surface area contributed by atoms with Gasteiger partial charge in [0.15, 0.2) is 4.77 Å². The Kier molecular flexibility index (Phi) is 3.44. The molecule has 0 bridgehead atoms. The summed E-state index contributed by atoms with van der Waals surface area (Å²) in [5, 5.41) is 0.591. The lowest BCUT2D eigenvalue weighted by atomic mass is 10.2. The van der Waals surface area contributed by atoms with Gasteiger partial charge in [0.2, 0.25) is 0 Å². The number of fused-ring (bicyclic) bond motifs is 1. The van der Waals surface area contributed by atoms with Crippen molar-refractivity contribution < 1.29 is 4.39 Å². The molecule has 2 aromatic carbocycles. The highest BCUT2D eigenvalue weighted by Gasteiger charge is 2.12. The van der Waals surface area contributed by atoms with Crippen LogP contribution in [0.1, 0.15) is 5.56 Å². The van der Waals surface area contributed by atoms with Crippen LogP contribution in [0, 0.1) is 17.5 Å². The molecular weight excluding hydrogens is 363 g/mol. The third-order valence-electron chi connectivity index (χ3n) is 3.07. The average molecular weight is 372 g/mol. The Morgan fingerprint density at radius 3 is 2.80 bits per heavy atom. The number of benzene rings is 2. The minimum atomic E-state index is -0.337. The van der Waals surface area contributed by atoms with Crippen LogP contribution in [0.5, 0.6) is 0 Å². The summed E-state index contributed by atoms with van der Waals surface area (Å²) in [5.41, 5.74) is 3.26. The quantitative estimate of drug-likeness (QED) is 0.556. The number of H-pyrrole nitrogens is 1. The van der Waals surface area contributed by atoms with Crippen molar-refractivity contribution in [1.29, 1.82) is 0 Å². The normalized spacial score (nSPS) is 11.2. The molecule has 102 valence electrons. The Bertz CT molecular complexity index is 885. The van der Waals surface area contributed by atoms with Crippen LogP contribution in [0.4, 0.5) is 4.39 Å². The summed E-state index contributed by atoms with van der Waals surface area (Å²) >= 11 is 14.8. The molecule has 3 aromatic rings. The van der Waals surface area contributed by atoms with E-state index < -0.39 is 0 Å². The predicted octanol–water partition coefficient (Wildman–Crippen LogP) is 5.55. The molecule has 0 saturated carbocycles. The van der Waals surface area contributed by atoms with Crippen molar-refractivity contribution in [3.63, 3.8) is 0 Å². The smallest absolute Gasteiger partial charge is 0.182 e. The minimum Gasteiger partial charge on any atom is -0.330 e. The number of rotatable bonds is 1. The maximum absolute atomic E-state index is 13.6. The molecule has 1 heterocycles. The van der Waals surface area contributed by atoms with Gasteiger partial charge in [0.1, 0.15) is 5.82 Å². The summed E-state index contributed by atoms with van der Waals surface area (Å²) in [6.45, 7) is 1.98. The van der Waals surface area contributed by atoms with Gasteiger partial charge in [-0.25, -0.2) is 4.39 Å². The maximum atomic E-state index is 13.6. The molecule has 1 N–H and O–H groups in total. The van der Waals surface area contributed by atoms with E-state index in [4.69, 9.17) is 23.8 Å². The number of hydrogen-bond acceptors (Lipinski definition) is 1. The molecule has 0 fully saturated rings. The second-order valence-corrected chi connectivity index (χ2v) is 6.15. The Hall–Kier alpha value is -1.17. The van der Waals surface area contributed by atoms with E-state index in [1.807, 2.05) is 29.7 Å². The lowest BCUT2D eigenvalue weighted by molar-refractivity contribution is 0.623. The highest BCUT2D eigenvalue weighted by molar-refractivity contribution is 9.10. The van der Waals surface area contributed by atoms with Crippen molar-refractivity contribution in [1.82, 2.24) is 9.55 Å². The summed E-state index contributed by atoms with van der Waals surface area (Å²) < 4.78 is 16.3. The molecule has 20 heavy (non-hydrogen) atoms. The van der Waals surface area contributed by atoms with E-state index in [9.17, 15) is 4.39 Å². The van der Waals surface area contributed by atoms with Crippen molar-refractivity contribution in [2.75, 3.05) is 0 Å². The van der Waals surface area contributed by atoms with Gasteiger partial charge in [-0.05, 0) is 58.8 Å². The molecule has 0 aliphatic rings. The van der Waals surface area contributed by atoms with Crippen LogP contribution in [-0.2, 0) is 0 Å². The van der Waals surface area contributed by atoms with Crippen molar-refractivity contribution in [2.45, 2.75) is 6.92 Å². The van der Waals surface area contributed by atoms with Gasteiger partial charge < -0.3 is 4.98 Å². The molecule has 0 saturated heterocycles. The largest absolute Gasteiger partial charge is 0.330 e. The van der Waals surface area contributed by atoms with Crippen LogP contribution < -0.4 is 0 Å². The van der Waals surface area contributed by atoms with Crippen LogP contribution in [0.15, 0.2) is 34.8 Å². The first-order chi connectivity index (χ1) is 9.47. The van der Waals surface area contributed by atoms with E-state index in [1.165, 1.54) is 6.07 Å². The fraction of sp³-hybridized carbons (Fsp3) is 0.0714. The van der Waals surface area contributed by atoms with E-state index in [2.05, 4.69) is 20.9 Å². The minimum absolute atomic E-state index is 0.337. The topological polar surface area (TPSA) is 20.7 Å². The summed E-state index contributed by atoms with van der Waals surface area (Å²) in [6.07, 6.45) is 0. The number of halogens is 3. The van der Waals surface area contributed by atoms with Gasteiger partial charge >= 0.3 is 0 Å². The Balaban J connectivity index is 2.42. The molecule has 0 unspecified atom stereocenters. The first-order valence-electron chi connectivity index (χ1n) is 5.83. The molecule has 0 aliphatic heterocycles. The summed E-state index contributed by atoms with van der Waals surface area (Å²) in [5.74, 6) is -0.337.